The Hall–Kier alpha value is -3.32. The van der Waals surface area contributed by atoms with Gasteiger partial charge in [0.2, 0.25) is 0 Å². The summed E-state index contributed by atoms with van der Waals surface area (Å²) in [5, 5.41) is 8.80. The highest BCUT2D eigenvalue weighted by Crippen LogP contribution is 2.26. The van der Waals surface area contributed by atoms with Gasteiger partial charge in [-0.25, -0.2) is 9.97 Å². The summed E-state index contributed by atoms with van der Waals surface area (Å²) in [5.41, 5.74) is 0.948. The average Bonchev–Trinajstić information content (AvgIpc) is 3.16. The van der Waals surface area contributed by atoms with Crippen molar-refractivity contribution in [2.45, 2.75) is 6.54 Å². The lowest BCUT2D eigenvalue weighted by Gasteiger charge is -2.05. The van der Waals surface area contributed by atoms with E-state index < -0.39 is 0 Å². The summed E-state index contributed by atoms with van der Waals surface area (Å²) >= 11 is 1.29. The predicted molar refractivity (Wildman–Crippen MR) is 103 cm³/mol. The second-order valence-corrected chi connectivity index (χ2v) is 6.61. The van der Waals surface area contributed by atoms with Crippen molar-refractivity contribution in [3.63, 3.8) is 0 Å². The molecule has 26 heavy (non-hydrogen) atoms. The molecule has 6 nitrogen and oxygen atoms in total. The molecule has 1 amide bonds. The van der Waals surface area contributed by atoms with Crippen LogP contribution in [0.25, 0.3) is 10.8 Å². The van der Waals surface area contributed by atoms with Gasteiger partial charge in [0.05, 0.1) is 6.20 Å². The topological polar surface area (TPSA) is 79.8 Å². The van der Waals surface area contributed by atoms with Crippen molar-refractivity contribution in [1.82, 2.24) is 20.3 Å². The fraction of sp³-hybridized carbons (Fsp3) is 0.0526. The van der Waals surface area contributed by atoms with Crippen molar-refractivity contribution < 1.29 is 4.79 Å². The van der Waals surface area contributed by atoms with Crippen molar-refractivity contribution in [2.75, 3.05) is 5.32 Å². The van der Waals surface area contributed by atoms with Gasteiger partial charge in [-0.2, -0.15) is 0 Å². The van der Waals surface area contributed by atoms with Gasteiger partial charge >= 0.3 is 0 Å². The lowest BCUT2D eigenvalue weighted by Crippen LogP contribution is -2.21. The number of hydrogen-bond donors (Lipinski definition) is 2. The van der Waals surface area contributed by atoms with Crippen molar-refractivity contribution >= 4 is 39.0 Å². The summed E-state index contributed by atoms with van der Waals surface area (Å²) in [6.07, 6.45) is 6.75. The van der Waals surface area contributed by atoms with Gasteiger partial charge in [-0.05, 0) is 23.1 Å². The van der Waals surface area contributed by atoms with E-state index in [9.17, 15) is 4.79 Å². The van der Waals surface area contributed by atoms with Crippen molar-refractivity contribution in [3.8, 4) is 0 Å². The third-order valence-electron chi connectivity index (χ3n) is 3.80. The molecule has 0 aliphatic rings. The Balaban J connectivity index is 1.46. The molecule has 0 aliphatic heterocycles. The molecule has 4 rings (SSSR count). The Bertz CT molecular complexity index is 1040. The van der Waals surface area contributed by atoms with Crippen molar-refractivity contribution in [1.29, 1.82) is 0 Å². The zero-order valence-electron chi connectivity index (χ0n) is 13.7. The molecule has 3 heterocycles. The summed E-state index contributed by atoms with van der Waals surface area (Å²) in [6.45, 7) is 0.429. The number of amides is 1. The first-order valence-corrected chi connectivity index (χ1v) is 8.85. The van der Waals surface area contributed by atoms with E-state index in [4.69, 9.17) is 0 Å². The molecule has 0 spiro atoms. The number of rotatable bonds is 5. The number of nitrogens with one attached hydrogen (secondary N) is 2. The lowest BCUT2D eigenvalue weighted by molar-refractivity contribution is 0.0954. The van der Waals surface area contributed by atoms with Crippen LogP contribution in [0.5, 0.6) is 0 Å². The van der Waals surface area contributed by atoms with E-state index in [-0.39, 0.29) is 5.91 Å². The number of fused-ring (bicyclic) bond motifs is 1. The summed E-state index contributed by atoms with van der Waals surface area (Å²) < 4.78 is 0. The number of hydrogen-bond acceptors (Lipinski definition) is 6. The molecular formula is C19H15N5OS. The fourth-order valence-electron chi connectivity index (χ4n) is 2.53. The van der Waals surface area contributed by atoms with E-state index in [1.54, 1.807) is 24.8 Å². The Labute approximate surface area is 154 Å². The number of aromatic nitrogens is 3. The van der Waals surface area contributed by atoms with Crippen LogP contribution in [0.4, 0.5) is 10.9 Å². The smallest absolute Gasteiger partial charge is 0.263 e. The van der Waals surface area contributed by atoms with Gasteiger partial charge in [-0.15, -0.1) is 0 Å². The quantitative estimate of drug-likeness (QED) is 0.566. The Kier molecular flexibility index (Phi) is 4.53. The number of thiazole rings is 1. The standard InChI is InChI=1S/C19H15N5OS/c25-18(22-11-13-4-3-8-20-10-13)16-12-23-19(26-16)24-17-15-6-2-1-5-14(15)7-9-21-17/h1-10,12H,11H2,(H,22,25)(H,21,23,24). The molecule has 0 saturated carbocycles. The first-order valence-electron chi connectivity index (χ1n) is 8.03. The van der Waals surface area contributed by atoms with Crippen LogP contribution in [0.15, 0.2) is 67.3 Å². The van der Waals surface area contributed by atoms with Crippen molar-refractivity contribution in [2.24, 2.45) is 0 Å². The Morgan fingerprint density at radius 3 is 2.81 bits per heavy atom. The zero-order valence-corrected chi connectivity index (χ0v) is 14.5. The summed E-state index contributed by atoms with van der Waals surface area (Å²) in [6, 6.07) is 13.7. The number of nitrogens with zero attached hydrogens (tertiary/aromatic N) is 3. The van der Waals surface area contributed by atoms with E-state index >= 15 is 0 Å². The van der Waals surface area contributed by atoms with Gasteiger partial charge in [0, 0.05) is 30.5 Å². The van der Waals surface area contributed by atoms with E-state index in [0.29, 0.717) is 16.6 Å². The van der Waals surface area contributed by atoms with E-state index in [1.807, 2.05) is 42.5 Å². The molecule has 2 N–H and O–H groups in total. The minimum atomic E-state index is -0.162. The average molecular weight is 361 g/mol. The third kappa shape index (κ3) is 3.52. The van der Waals surface area contributed by atoms with Crippen LogP contribution in [0.1, 0.15) is 15.2 Å². The molecular weight excluding hydrogens is 346 g/mol. The molecule has 1 aromatic carbocycles. The van der Waals surface area contributed by atoms with Crippen LogP contribution in [0, 0.1) is 0 Å². The SMILES string of the molecule is O=C(NCc1cccnc1)c1cnc(Nc2nccc3ccccc23)s1. The zero-order chi connectivity index (χ0) is 17.8. The largest absolute Gasteiger partial charge is 0.347 e. The molecule has 7 heteroatoms. The maximum atomic E-state index is 12.3. The fourth-order valence-corrected chi connectivity index (χ4v) is 3.26. The van der Waals surface area contributed by atoms with Crippen LogP contribution >= 0.6 is 11.3 Å². The summed E-state index contributed by atoms with van der Waals surface area (Å²) in [7, 11) is 0. The lowest BCUT2D eigenvalue weighted by atomic mass is 10.2. The van der Waals surface area contributed by atoms with Gasteiger partial charge in [0.15, 0.2) is 5.13 Å². The van der Waals surface area contributed by atoms with E-state index in [2.05, 4.69) is 25.6 Å². The number of benzene rings is 1. The number of anilines is 2. The molecule has 0 radical (unpaired) electrons. The molecule has 0 fully saturated rings. The minimum Gasteiger partial charge on any atom is -0.347 e. The molecule has 128 valence electrons. The predicted octanol–water partition coefficient (Wildman–Crippen LogP) is 3.76. The monoisotopic (exact) mass is 361 g/mol. The maximum absolute atomic E-state index is 12.3. The highest BCUT2D eigenvalue weighted by atomic mass is 32.1. The highest BCUT2D eigenvalue weighted by molar-refractivity contribution is 7.17. The molecule has 0 saturated heterocycles. The van der Waals surface area contributed by atoms with Crippen LogP contribution < -0.4 is 10.6 Å². The van der Waals surface area contributed by atoms with Gasteiger partial charge in [0.25, 0.3) is 5.91 Å². The second-order valence-electron chi connectivity index (χ2n) is 5.58. The Morgan fingerprint density at radius 1 is 1.00 bits per heavy atom. The van der Waals surface area contributed by atoms with E-state index in [0.717, 1.165) is 22.2 Å². The molecule has 0 unspecified atom stereocenters. The molecule has 4 aromatic rings. The number of carbonyl (C=O) groups excluding carboxylic acids is 1. The van der Waals surface area contributed by atoms with Gasteiger partial charge < -0.3 is 10.6 Å². The minimum absolute atomic E-state index is 0.162. The van der Waals surface area contributed by atoms with Crippen LogP contribution in [-0.4, -0.2) is 20.9 Å². The van der Waals surface area contributed by atoms with Gasteiger partial charge in [-0.3, -0.25) is 9.78 Å². The third-order valence-corrected chi connectivity index (χ3v) is 4.72. The normalized spacial score (nSPS) is 10.6. The molecule has 0 bridgehead atoms. The molecule has 0 aliphatic carbocycles. The highest BCUT2D eigenvalue weighted by Gasteiger charge is 2.11. The summed E-state index contributed by atoms with van der Waals surface area (Å²) in [5.74, 6) is 0.560. The maximum Gasteiger partial charge on any atom is 0.263 e. The number of carbonyl (C=O) groups is 1. The van der Waals surface area contributed by atoms with Crippen LogP contribution in [-0.2, 0) is 6.54 Å². The molecule has 0 atom stereocenters. The molecule has 3 aromatic heterocycles. The van der Waals surface area contributed by atoms with Crippen LogP contribution in [0.2, 0.25) is 0 Å². The van der Waals surface area contributed by atoms with E-state index in [1.165, 1.54) is 11.3 Å². The summed E-state index contributed by atoms with van der Waals surface area (Å²) in [4.78, 5) is 25.5. The van der Waals surface area contributed by atoms with Crippen molar-refractivity contribution in [3.05, 3.63) is 77.7 Å². The van der Waals surface area contributed by atoms with Gasteiger partial charge in [0.1, 0.15) is 10.7 Å². The first-order chi connectivity index (χ1) is 12.8. The van der Waals surface area contributed by atoms with Crippen LogP contribution in [0.3, 0.4) is 0 Å². The first kappa shape index (κ1) is 16.2. The van der Waals surface area contributed by atoms with Gasteiger partial charge in [-0.1, -0.05) is 41.7 Å². The Morgan fingerprint density at radius 2 is 1.92 bits per heavy atom. The second kappa shape index (κ2) is 7.28. The number of pyridine rings is 2.